The lowest BCUT2D eigenvalue weighted by Crippen LogP contribution is -2.56. The van der Waals surface area contributed by atoms with E-state index in [2.05, 4.69) is 27.8 Å². The summed E-state index contributed by atoms with van der Waals surface area (Å²) in [6.45, 7) is 5.66. The van der Waals surface area contributed by atoms with Crippen molar-refractivity contribution in [2.45, 2.75) is 102 Å². The van der Waals surface area contributed by atoms with Gasteiger partial charge in [0.25, 0.3) is 0 Å². The molecule has 2 saturated heterocycles. The molecule has 2 aliphatic heterocycles. The highest BCUT2D eigenvalue weighted by atomic mass is 19.2. The molecule has 3 atom stereocenters. The Kier molecular flexibility index (Phi) is 13.7. The molecule has 0 saturated carbocycles. The first kappa shape index (κ1) is 43.1. The number of aryl methyl sites for hydroxylation is 1. The van der Waals surface area contributed by atoms with E-state index in [0.717, 1.165) is 18.6 Å². The molecule has 58 heavy (non-hydrogen) atoms. The van der Waals surface area contributed by atoms with Crippen molar-refractivity contribution < 1.29 is 42.3 Å². The highest BCUT2D eigenvalue weighted by molar-refractivity contribution is 6.00. The fourth-order valence-corrected chi connectivity index (χ4v) is 7.15. The van der Waals surface area contributed by atoms with E-state index in [9.17, 15) is 42.3 Å². The number of imide groups is 1. The van der Waals surface area contributed by atoms with Gasteiger partial charge in [-0.2, -0.15) is 0 Å². The van der Waals surface area contributed by atoms with Gasteiger partial charge in [-0.15, -0.1) is 0 Å². The minimum Gasteiger partial charge on any atom is -0.444 e. The average Bonchev–Trinajstić information content (AvgIpc) is 3.40. The molecule has 2 aliphatic rings. The van der Waals surface area contributed by atoms with Crippen molar-refractivity contribution in [2.75, 3.05) is 13.1 Å². The van der Waals surface area contributed by atoms with Gasteiger partial charge in [-0.1, -0.05) is 17.9 Å². The molecule has 1 aromatic heterocycles. The maximum atomic E-state index is 14.2. The number of nitrogens with two attached hydrogens (primary N) is 1. The van der Waals surface area contributed by atoms with Gasteiger partial charge in [0.15, 0.2) is 11.6 Å². The number of carbonyl (C=O) groups is 6. The van der Waals surface area contributed by atoms with Crippen LogP contribution in [-0.4, -0.2) is 80.4 Å². The Bertz CT molecular complexity index is 2210. The van der Waals surface area contributed by atoms with Gasteiger partial charge in [-0.05, 0) is 94.7 Å². The Morgan fingerprint density at radius 3 is 2.34 bits per heavy atom. The highest BCUT2D eigenvalue weighted by Crippen LogP contribution is 2.25. The number of benzene rings is 2. The first-order chi connectivity index (χ1) is 27.4. The molecule has 0 aliphatic carbocycles. The predicted molar refractivity (Wildman–Crippen MR) is 208 cm³/mol. The fourth-order valence-electron chi connectivity index (χ4n) is 7.15. The topological polar surface area (TPSA) is 204 Å². The number of alkyl carbamates (subject to hydrolysis) is 1. The highest BCUT2D eigenvalue weighted by Gasteiger charge is 2.34. The lowest BCUT2D eigenvalue weighted by molar-refractivity contribution is -0.138. The second-order valence-corrected chi connectivity index (χ2v) is 15.7. The van der Waals surface area contributed by atoms with Crippen LogP contribution in [0.5, 0.6) is 0 Å². The smallest absolute Gasteiger partial charge is 0.408 e. The first-order valence-corrected chi connectivity index (χ1v) is 19.2. The molecule has 17 heteroatoms. The van der Waals surface area contributed by atoms with Gasteiger partial charge in [-0.25, -0.2) is 18.4 Å². The Balaban J connectivity index is 1.21. The number of likely N-dealkylation sites (tertiary alicyclic amines) is 1. The van der Waals surface area contributed by atoms with Crippen LogP contribution in [0.1, 0.15) is 89.3 Å². The largest absolute Gasteiger partial charge is 0.444 e. The lowest BCUT2D eigenvalue weighted by atomic mass is 9.91. The molecule has 0 radical (unpaired) electrons. The van der Waals surface area contributed by atoms with Crippen LogP contribution in [0.25, 0.3) is 11.0 Å². The number of primary amides is 1. The molecule has 6 amide bonds. The molecule has 1 unspecified atom stereocenters. The number of hydrogen-bond acceptors (Lipinski definition) is 8. The van der Waals surface area contributed by atoms with Crippen LogP contribution < -0.4 is 27.4 Å². The zero-order valence-corrected chi connectivity index (χ0v) is 33.0. The van der Waals surface area contributed by atoms with Crippen LogP contribution in [0.15, 0.2) is 41.2 Å². The number of nitrogens with one attached hydrogen (secondary N) is 3. The third kappa shape index (κ3) is 11.1. The zero-order valence-electron chi connectivity index (χ0n) is 33.0. The van der Waals surface area contributed by atoms with Crippen LogP contribution in [0, 0.1) is 29.4 Å². The number of amides is 6. The van der Waals surface area contributed by atoms with Crippen molar-refractivity contribution >= 4 is 46.7 Å². The number of fused-ring (bicyclic) bond motifs is 1. The number of nitrogens with zero attached hydrogens (tertiary/aromatic N) is 3. The summed E-state index contributed by atoms with van der Waals surface area (Å²) >= 11 is 0. The minimum atomic E-state index is -1.29. The van der Waals surface area contributed by atoms with E-state index in [4.69, 9.17) is 10.5 Å². The molecular formula is C41H49F2N7O8. The summed E-state index contributed by atoms with van der Waals surface area (Å²) in [6.07, 6.45) is 1.52. The van der Waals surface area contributed by atoms with Gasteiger partial charge in [0.05, 0.1) is 11.0 Å². The molecule has 3 heterocycles. The monoisotopic (exact) mass is 805 g/mol. The van der Waals surface area contributed by atoms with E-state index >= 15 is 0 Å². The van der Waals surface area contributed by atoms with Crippen LogP contribution in [0.3, 0.4) is 0 Å². The summed E-state index contributed by atoms with van der Waals surface area (Å²) in [6, 6.07) is 5.24. The summed E-state index contributed by atoms with van der Waals surface area (Å²) in [4.78, 5) is 90.5. The number of aromatic nitrogens is 2. The Hall–Kier alpha value is -6.05. The third-order valence-electron chi connectivity index (χ3n) is 10.2. The summed E-state index contributed by atoms with van der Waals surface area (Å²) in [5, 5.41) is 7.40. The number of piperidine rings is 2. The summed E-state index contributed by atoms with van der Waals surface area (Å²) < 4.78 is 36.1. The number of hydrogen-bond donors (Lipinski definition) is 4. The Morgan fingerprint density at radius 2 is 1.69 bits per heavy atom. The molecule has 5 rings (SSSR count). The first-order valence-electron chi connectivity index (χ1n) is 19.2. The second kappa shape index (κ2) is 18.5. The predicted octanol–water partition coefficient (Wildman–Crippen LogP) is 2.85. The normalized spacial score (nSPS) is 17.1. The Morgan fingerprint density at radius 1 is 0.966 bits per heavy atom. The van der Waals surface area contributed by atoms with Gasteiger partial charge >= 0.3 is 11.8 Å². The molecule has 15 nitrogen and oxygen atoms in total. The standard InChI is InChI=1S/C41H49F2N7O8/c1-41(2,3)58-39(56)46-29(12-15-34(44)51)36(53)45-30(22-26-9-11-27(42)28(43)21-26)38(55)49-19-17-24(18-20-49)7-5-6-8-25-10-13-31-33(23-25)48(4)40(57)50(31)32-14-16-35(52)47-37(32)54/h9-11,13,21,23-24,29-30,32H,5,7,12,14-20,22H2,1-4H3,(H2,44,51)(H,45,53)(H,46,56)(H,47,52,54)/t29-,30-,32?/m0/s1. The lowest BCUT2D eigenvalue weighted by Gasteiger charge is -2.35. The maximum Gasteiger partial charge on any atom is 0.408 e. The van der Waals surface area contributed by atoms with Crippen molar-refractivity contribution in [1.29, 1.82) is 0 Å². The van der Waals surface area contributed by atoms with Crippen molar-refractivity contribution in [3.05, 3.63) is 69.6 Å². The van der Waals surface area contributed by atoms with Gasteiger partial charge in [0, 0.05) is 51.4 Å². The summed E-state index contributed by atoms with van der Waals surface area (Å²) in [7, 11) is 1.62. The summed E-state index contributed by atoms with van der Waals surface area (Å²) in [5.41, 5.74) is 6.19. The Labute approximate surface area is 334 Å². The van der Waals surface area contributed by atoms with Crippen LogP contribution in [0.2, 0.25) is 0 Å². The van der Waals surface area contributed by atoms with E-state index in [1.165, 1.54) is 15.2 Å². The molecular weight excluding hydrogens is 756 g/mol. The van der Waals surface area contributed by atoms with Crippen LogP contribution in [0.4, 0.5) is 13.6 Å². The number of ether oxygens (including phenoxy) is 1. The molecule has 0 spiro atoms. The van der Waals surface area contributed by atoms with Gasteiger partial charge < -0.3 is 26.0 Å². The number of rotatable bonds is 12. The van der Waals surface area contributed by atoms with Crippen molar-refractivity contribution in [3.8, 4) is 11.8 Å². The molecule has 2 fully saturated rings. The van der Waals surface area contributed by atoms with Crippen molar-refractivity contribution in [1.82, 2.24) is 30.0 Å². The molecule has 3 aromatic rings. The molecule has 5 N–H and O–H groups in total. The van der Waals surface area contributed by atoms with Gasteiger partial charge in [0.1, 0.15) is 23.7 Å². The average molecular weight is 806 g/mol. The second-order valence-electron chi connectivity index (χ2n) is 15.7. The van der Waals surface area contributed by atoms with E-state index in [1.807, 2.05) is 0 Å². The summed E-state index contributed by atoms with van der Waals surface area (Å²) in [5.74, 6) is 1.62. The van der Waals surface area contributed by atoms with E-state index in [0.29, 0.717) is 48.9 Å². The number of carbonyl (C=O) groups excluding carboxylic acids is 6. The zero-order chi connectivity index (χ0) is 42.3. The SMILES string of the molecule is Cn1c(=O)n(C2CCC(=O)NC2=O)c2ccc(C#CCCC3CCN(C(=O)[C@H](Cc4ccc(F)c(F)c4)NC(=O)[C@H](CCC(N)=O)NC(=O)OC(C)(C)C)CC3)cc21. The number of halogens is 2. The van der Waals surface area contributed by atoms with E-state index < -0.39 is 65.1 Å². The van der Waals surface area contributed by atoms with E-state index in [1.54, 1.807) is 50.9 Å². The van der Waals surface area contributed by atoms with E-state index in [-0.39, 0.29) is 55.2 Å². The van der Waals surface area contributed by atoms with Gasteiger partial charge in [0.2, 0.25) is 29.5 Å². The quantitative estimate of drug-likeness (QED) is 0.158. The van der Waals surface area contributed by atoms with Crippen LogP contribution in [-0.2, 0) is 42.2 Å². The molecule has 2 aromatic carbocycles. The third-order valence-corrected chi connectivity index (χ3v) is 10.2. The van der Waals surface area contributed by atoms with Crippen molar-refractivity contribution in [3.63, 3.8) is 0 Å². The van der Waals surface area contributed by atoms with Gasteiger partial charge in [-0.3, -0.25) is 38.4 Å². The maximum absolute atomic E-state index is 14.2. The fraction of sp³-hybridized carbons (Fsp3) is 0.488. The van der Waals surface area contributed by atoms with Crippen molar-refractivity contribution in [2.24, 2.45) is 18.7 Å². The molecule has 310 valence electrons. The van der Waals surface area contributed by atoms with Crippen LogP contribution >= 0.6 is 0 Å². The number of imidazole rings is 1. The minimum absolute atomic E-state index is 0.147. The molecule has 0 bridgehead atoms.